The van der Waals surface area contributed by atoms with E-state index in [4.69, 9.17) is 0 Å². The van der Waals surface area contributed by atoms with E-state index in [2.05, 4.69) is 12.2 Å². The fraction of sp³-hybridized carbons (Fsp3) is 0.909. The molecular weight excluding hydrogens is 176 g/mol. The van der Waals surface area contributed by atoms with Crippen molar-refractivity contribution in [2.45, 2.75) is 39.2 Å². The first kappa shape index (κ1) is 11.5. The number of nitrogens with zero attached hydrogens (tertiary/aromatic N) is 1. The molecule has 2 atom stereocenters. The highest BCUT2D eigenvalue weighted by atomic mass is 16.2. The van der Waals surface area contributed by atoms with Crippen LogP contribution in [0.4, 0.5) is 0 Å². The number of likely N-dealkylation sites (tertiary alicyclic amines) is 1. The predicted molar refractivity (Wildman–Crippen MR) is 58.1 cm³/mol. The van der Waals surface area contributed by atoms with Gasteiger partial charge in [-0.25, -0.2) is 0 Å². The van der Waals surface area contributed by atoms with Crippen LogP contribution in [0.15, 0.2) is 0 Å². The van der Waals surface area contributed by atoms with Crippen LogP contribution in [-0.2, 0) is 4.79 Å². The zero-order valence-electron chi connectivity index (χ0n) is 9.55. The fourth-order valence-corrected chi connectivity index (χ4v) is 2.14. The Morgan fingerprint density at radius 1 is 1.43 bits per heavy atom. The van der Waals surface area contributed by atoms with Crippen molar-refractivity contribution in [1.82, 2.24) is 10.2 Å². The minimum atomic E-state index is 0.295. The summed E-state index contributed by atoms with van der Waals surface area (Å²) >= 11 is 0. The largest absolute Gasteiger partial charge is 0.341 e. The number of nitrogens with one attached hydrogen (secondary N) is 1. The van der Waals surface area contributed by atoms with Gasteiger partial charge in [-0.15, -0.1) is 0 Å². The van der Waals surface area contributed by atoms with E-state index < -0.39 is 0 Å². The van der Waals surface area contributed by atoms with Crippen molar-refractivity contribution >= 4 is 5.91 Å². The SMILES string of the molecule is CCC(=O)N1CC(CC)CC(NC)C1. The van der Waals surface area contributed by atoms with E-state index in [1.54, 1.807) is 0 Å². The molecule has 0 bridgehead atoms. The zero-order chi connectivity index (χ0) is 10.6. The summed E-state index contributed by atoms with van der Waals surface area (Å²) in [6, 6.07) is 0.490. The number of carbonyl (C=O) groups is 1. The molecule has 0 aromatic carbocycles. The second-order valence-corrected chi connectivity index (χ2v) is 4.15. The minimum absolute atomic E-state index is 0.295. The first-order chi connectivity index (χ1) is 6.71. The Morgan fingerprint density at radius 2 is 2.14 bits per heavy atom. The molecule has 0 radical (unpaired) electrons. The molecule has 0 aromatic heterocycles. The standard InChI is InChI=1S/C11H22N2O/c1-4-9-6-10(12-3)8-13(7-9)11(14)5-2/h9-10,12H,4-8H2,1-3H3. The van der Waals surface area contributed by atoms with Crippen LogP contribution in [0, 0.1) is 5.92 Å². The molecule has 0 aromatic rings. The second kappa shape index (κ2) is 5.35. The highest BCUT2D eigenvalue weighted by Gasteiger charge is 2.27. The van der Waals surface area contributed by atoms with Gasteiger partial charge in [0.1, 0.15) is 0 Å². The molecule has 3 heteroatoms. The number of likely N-dealkylation sites (N-methyl/N-ethyl adjacent to an activating group) is 1. The Kier molecular flexibility index (Phi) is 4.39. The molecule has 3 nitrogen and oxygen atoms in total. The third kappa shape index (κ3) is 2.71. The van der Waals surface area contributed by atoms with Gasteiger partial charge < -0.3 is 10.2 Å². The number of hydrogen-bond donors (Lipinski definition) is 1. The van der Waals surface area contributed by atoms with Gasteiger partial charge in [-0.2, -0.15) is 0 Å². The van der Waals surface area contributed by atoms with E-state index in [0.29, 0.717) is 24.3 Å². The summed E-state index contributed by atoms with van der Waals surface area (Å²) in [6.07, 6.45) is 3.01. The Balaban J connectivity index is 2.55. The third-order valence-electron chi connectivity index (χ3n) is 3.18. The highest BCUT2D eigenvalue weighted by Crippen LogP contribution is 2.20. The van der Waals surface area contributed by atoms with Gasteiger partial charge in [-0.3, -0.25) is 4.79 Å². The number of rotatable bonds is 3. The molecule has 0 aliphatic carbocycles. The van der Waals surface area contributed by atoms with E-state index >= 15 is 0 Å². The second-order valence-electron chi connectivity index (χ2n) is 4.15. The normalized spacial score (nSPS) is 27.8. The minimum Gasteiger partial charge on any atom is -0.341 e. The lowest BCUT2D eigenvalue weighted by Crippen LogP contribution is -2.50. The maximum Gasteiger partial charge on any atom is 0.222 e. The predicted octanol–water partition coefficient (Wildman–Crippen LogP) is 1.24. The van der Waals surface area contributed by atoms with Gasteiger partial charge in [0.2, 0.25) is 5.91 Å². The molecule has 2 unspecified atom stereocenters. The van der Waals surface area contributed by atoms with Crippen LogP contribution in [0.3, 0.4) is 0 Å². The lowest BCUT2D eigenvalue weighted by Gasteiger charge is -2.37. The smallest absolute Gasteiger partial charge is 0.222 e. The summed E-state index contributed by atoms with van der Waals surface area (Å²) in [5, 5.41) is 3.28. The summed E-state index contributed by atoms with van der Waals surface area (Å²) in [7, 11) is 1.98. The molecule has 82 valence electrons. The average molecular weight is 198 g/mol. The Labute approximate surface area is 86.9 Å². The van der Waals surface area contributed by atoms with Gasteiger partial charge >= 0.3 is 0 Å². The van der Waals surface area contributed by atoms with Crippen LogP contribution in [0.1, 0.15) is 33.1 Å². The van der Waals surface area contributed by atoms with E-state index in [-0.39, 0.29) is 0 Å². The van der Waals surface area contributed by atoms with Crippen LogP contribution in [-0.4, -0.2) is 37.0 Å². The molecule has 0 spiro atoms. The number of amides is 1. The van der Waals surface area contributed by atoms with E-state index in [0.717, 1.165) is 13.1 Å². The molecule has 1 rings (SSSR count). The van der Waals surface area contributed by atoms with Gasteiger partial charge in [0.05, 0.1) is 0 Å². The quantitative estimate of drug-likeness (QED) is 0.740. The molecule has 1 aliphatic heterocycles. The van der Waals surface area contributed by atoms with Crippen molar-refractivity contribution in [3.8, 4) is 0 Å². The molecule has 1 aliphatic rings. The van der Waals surface area contributed by atoms with Gasteiger partial charge in [0.25, 0.3) is 0 Å². The lowest BCUT2D eigenvalue weighted by molar-refractivity contribution is -0.133. The van der Waals surface area contributed by atoms with Crippen molar-refractivity contribution in [2.75, 3.05) is 20.1 Å². The third-order valence-corrected chi connectivity index (χ3v) is 3.18. The van der Waals surface area contributed by atoms with Gasteiger partial charge in [0.15, 0.2) is 0 Å². The molecule has 0 saturated carbocycles. The summed E-state index contributed by atoms with van der Waals surface area (Å²) in [6.45, 7) is 5.99. The Bertz CT molecular complexity index is 182. The molecule has 1 N–H and O–H groups in total. The molecule has 1 saturated heterocycles. The van der Waals surface area contributed by atoms with Crippen molar-refractivity contribution in [3.05, 3.63) is 0 Å². The summed E-state index contributed by atoms with van der Waals surface area (Å²) < 4.78 is 0. The van der Waals surface area contributed by atoms with Crippen LogP contribution < -0.4 is 5.32 Å². The maximum absolute atomic E-state index is 11.6. The van der Waals surface area contributed by atoms with Crippen LogP contribution in [0.25, 0.3) is 0 Å². The Morgan fingerprint density at radius 3 is 2.64 bits per heavy atom. The fourth-order valence-electron chi connectivity index (χ4n) is 2.14. The summed E-state index contributed by atoms with van der Waals surface area (Å²) in [5.41, 5.74) is 0. The molecule has 1 fully saturated rings. The van der Waals surface area contributed by atoms with Crippen LogP contribution in [0.2, 0.25) is 0 Å². The van der Waals surface area contributed by atoms with E-state index in [1.165, 1.54) is 12.8 Å². The van der Waals surface area contributed by atoms with Gasteiger partial charge in [-0.1, -0.05) is 20.3 Å². The first-order valence-corrected chi connectivity index (χ1v) is 5.66. The van der Waals surface area contributed by atoms with Crippen LogP contribution in [0.5, 0.6) is 0 Å². The number of hydrogen-bond acceptors (Lipinski definition) is 2. The van der Waals surface area contributed by atoms with Crippen LogP contribution >= 0.6 is 0 Å². The van der Waals surface area contributed by atoms with Crippen molar-refractivity contribution in [1.29, 1.82) is 0 Å². The van der Waals surface area contributed by atoms with Crippen molar-refractivity contribution < 1.29 is 4.79 Å². The van der Waals surface area contributed by atoms with Crippen molar-refractivity contribution in [2.24, 2.45) is 5.92 Å². The molecule has 1 amide bonds. The monoisotopic (exact) mass is 198 g/mol. The molecular formula is C11H22N2O. The topological polar surface area (TPSA) is 32.3 Å². The lowest BCUT2D eigenvalue weighted by atomic mass is 9.92. The molecule has 1 heterocycles. The maximum atomic E-state index is 11.6. The van der Waals surface area contributed by atoms with Gasteiger partial charge in [0, 0.05) is 25.6 Å². The highest BCUT2D eigenvalue weighted by molar-refractivity contribution is 5.76. The summed E-state index contributed by atoms with van der Waals surface area (Å²) in [4.78, 5) is 13.6. The molecule has 14 heavy (non-hydrogen) atoms. The number of piperidine rings is 1. The Hall–Kier alpha value is -0.570. The van der Waals surface area contributed by atoms with E-state index in [9.17, 15) is 4.79 Å². The summed E-state index contributed by atoms with van der Waals surface area (Å²) in [5.74, 6) is 0.972. The zero-order valence-corrected chi connectivity index (χ0v) is 9.55. The van der Waals surface area contributed by atoms with Gasteiger partial charge in [-0.05, 0) is 19.4 Å². The average Bonchev–Trinajstić information content (AvgIpc) is 2.27. The van der Waals surface area contributed by atoms with E-state index in [1.807, 2.05) is 18.9 Å². The first-order valence-electron chi connectivity index (χ1n) is 5.66. The van der Waals surface area contributed by atoms with Crippen molar-refractivity contribution in [3.63, 3.8) is 0 Å². The number of carbonyl (C=O) groups excluding carboxylic acids is 1.